The molecule has 1 N–H and O–H groups in total. The third kappa shape index (κ3) is 2.71. The van der Waals surface area contributed by atoms with Crippen molar-refractivity contribution in [3.8, 4) is 5.75 Å². The second-order valence-electron chi connectivity index (χ2n) is 4.22. The Bertz CT molecular complexity index is 534. The fourth-order valence-corrected chi connectivity index (χ4v) is 2.11. The highest BCUT2D eigenvalue weighted by molar-refractivity contribution is 5.87. The van der Waals surface area contributed by atoms with Crippen molar-refractivity contribution in [2.75, 3.05) is 13.7 Å². The first-order valence-corrected chi connectivity index (χ1v) is 6.23. The molecule has 2 rings (SSSR count). The van der Waals surface area contributed by atoms with Gasteiger partial charge in [-0.25, -0.2) is 0 Å². The summed E-state index contributed by atoms with van der Waals surface area (Å²) in [6.45, 7) is 5.48. The SMILES string of the molecule is C=CCCNCc1c(OC)ccc2ccccc12. The largest absolute Gasteiger partial charge is 0.496 e. The van der Waals surface area contributed by atoms with Crippen LogP contribution in [-0.2, 0) is 6.54 Å². The van der Waals surface area contributed by atoms with Gasteiger partial charge < -0.3 is 10.1 Å². The van der Waals surface area contributed by atoms with Crippen LogP contribution in [0.3, 0.4) is 0 Å². The monoisotopic (exact) mass is 241 g/mol. The zero-order valence-corrected chi connectivity index (χ0v) is 10.8. The molecule has 0 aliphatic heterocycles. The van der Waals surface area contributed by atoms with Crippen LogP contribution in [-0.4, -0.2) is 13.7 Å². The lowest BCUT2D eigenvalue weighted by atomic mass is 10.0. The molecule has 0 unspecified atom stereocenters. The summed E-state index contributed by atoms with van der Waals surface area (Å²) in [5.74, 6) is 0.944. The summed E-state index contributed by atoms with van der Waals surface area (Å²) in [4.78, 5) is 0. The summed E-state index contributed by atoms with van der Waals surface area (Å²) in [6.07, 6.45) is 2.90. The second kappa shape index (κ2) is 6.22. The van der Waals surface area contributed by atoms with Gasteiger partial charge in [0.2, 0.25) is 0 Å². The molecule has 0 fully saturated rings. The highest BCUT2D eigenvalue weighted by Crippen LogP contribution is 2.27. The van der Waals surface area contributed by atoms with Gasteiger partial charge in [-0.05, 0) is 29.8 Å². The van der Waals surface area contributed by atoms with E-state index in [0.717, 1.165) is 25.3 Å². The Balaban J connectivity index is 2.29. The molecule has 2 aromatic carbocycles. The minimum absolute atomic E-state index is 0.818. The average molecular weight is 241 g/mol. The number of benzene rings is 2. The molecule has 0 spiro atoms. The van der Waals surface area contributed by atoms with E-state index in [-0.39, 0.29) is 0 Å². The van der Waals surface area contributed by atoms with Crippen LogP contribution in [0, 0.1) is 0 Å². The lowest BCUT2D eigenvalue weighted by molar-refractivity contribution is 0.409. The van der Waals surface area contributed by atoms with Crippen LogP contribution >= 0.6 is 0 Å². The van der Waals surface area contributed by atoms with Gasteiger partial charge in [0, 0.05) is 12.1 Å². The minimum Gasteiger partial charge on any atom is -0.496 e. The van der Waals surface area contributed by atoms with Crippen LogP contribution in [0.25, 0.3) is 10.8 Å². The molecule has 0 aromatic heterocycles. The van der Waals surface area contributed by atoms with Gasteiger partial charge in [0.15, 0.2) is 0 Å². The third-order valence-electron chi connectivity index (χ3n) is 3.04. The lowest BCUT2D eigenvalue weighted by Gasteiger charge is -2.12. The van der Waals surface area contributed by atoms with Gasteiger partial charge in [0.05, 0.1) is 7.11 Å². The summed E-state index contributed by atoms with van der Waals surface area (Å²) < 4.78 is 5.45. The van der Waals surface area contributed by atoms with Crippen molar-refractivity contribution in [2.45, 2.75) is 13.0 Å². The van der Waals surface area contributed by atoms with Gasteiger partial charge in [-0.15, -0.1) is 6.58 Å². The fraction of sp³-hybridized carbons (Fsp3) is 0.250. The van der Waals surface area contributed by atoms with Crippen molar-refractivity contribution >= 4 is 10.8 Å². The number of hydrogen-bond acceptors (Lipinski definition) is 2. The molecule has 0 aliphatic rings. The zero-order valence-electron chi connectivity index (χ0n) is 10.8. The molecule has 2 heteroatoms. The Hall–Kier alpha value is -1.80. The van der Waals surface area contributed by atoms with Crippen LogP contribution in [0.5, 0.6) is 5.75 Å². The van der Waals surface area contributed by atoms with Crippen LogP contribution < -0.4 is 10.1 Å². The molecule has 2 aromatic rings. The number of methoxy groups -OCH3 is 1. The second-order valence-corrected chi connectivity index (χ2v) is 4.22. The number of rotatable bonds is 6. The van der Waals surface area contributed by atoms with Gasteiger partial charge >= 0.3 is 0 Å². The summed E-state index contributed by atoms with van der Waals surface area (Å²) >= 11 is 0. The highest BCUT2D eigenvalue weighted by atomic mass is 16.5. The van der Waals surface area contributed by atoms with Crippen LogP contribution in [0.15, 0.2) is 49.1 Å². The highest BCUT2D eigenvalue weighted by Gasteiger charge is 2.07. The number of fused-ring (bicyclic) bond motifs is 1. The Kier molecular flexibility index (Phi) is 4.37. The Morgan fingerprint density at radius 1 is 1.22 bits per heavy atom. The maximum Gasteiger partial charge on any atom is 0.123 e. The van der Waals surface area contributed by atoms with Crippen molar-refractivity contribution in [1.29, 1.82) is 0 Å². The summed E-state index contributed by atoms with van der Waals surface area (Å²) in [6, 6.07) is 12.5. The third-order valence-corrected chi connectivity index (χ3v) is 3.04. The number of ether oxygens (including phenoxy) is 1. The molecular weight excluding hydrogens is 222 g/mol. The first-order valence-electron chi connectivity index (χ1n) is 6.23. The predicted octanol–water partition coefficient (Wildman–Crippen LogP) is 3.51. The van der Waals surface area contributed by atoms with E-state index >= 15 is 0 Å². The molecule has 94 valence electrons. The minimum atomic E-state index is 0.818. The molecule has 0 saturated carbocycles. The first kappa shape index (κ1) is 12.7. The summed E-state index contributed by atoms with van der Waals surface area (Å²) in [5, 5.41) is 5.92. The number of nitrogens with one attached hydrogen (secondary N) is 1. The van der Waals surface area contributed by atoms with Crippen LogP contribution in [0.2, 0.25) is 0 Å². The number of hydrogen-bond donors (Lipinski definition) is 1. The average Bonchev–Trinajstić information content (AvgIpc) is 2.43. The first-order chi connectivity index (χ1) is 8.86. The van der Waals surface area contributed by atoms with E-state index < -0.39 is 0 Å². The Morgan fingerprint density at radius 3 is 2.83 bits per heavy atom. The standard InChI is InChI=1S/C16H19NO/c1-3-4-11-17-12-15-14-8-6-5-7-13(14)9-10-16(15)18-2/h3,5-10,17H,1,4,11-12H2,2H3. The van der Waals surface area contributed by atoms with Crippen molar-refractivity contribution in [2.24, 2.45) is 0 Å². The molecule has 0 radical (unpaired) electrons. The molecule has 18 heavy (non-hydrogen) atoms. The fourth-order valence-electron chi connectivity index (χ4n) is 2.11. The molecular formula is C16H19NO. The van der Waals surface area contributed by atoms with Gasteiger partial charge in [0.1, 0.15) is 5.75 Å². The van der Waals surface area contributed by atoms with Gasteiger partial charge in [-0.2, -0.15) is 0 Å². The Labute approximate surface area is 108 Å². The van der Waals surface area contributed by atoms with Crippen molar-refractivity contribution < 1.29 is 4.74 Å². The van der Waals surface area contributed by atoms with E-state index in [4.69, 9.17) is 4.74 Å². The lowest BCUT2D eigenvalue weighted by Crippen LogP contribution is -2.15. The van der Waals surface area contributed by atoms with E-state index in [9.17, 15) is 0 Å². The molecule has 0 atom stereocenters. The zero-order chi connectivity index (χ0) is 12.8. The van der Waals surface area contributed by atoms with Gasteiger partial charge in [0.25, 0.3) is 0 Å². The molecule has 0 saturated heterocycles. The van der Waals surface area contributed by atoms with Crippen LogP contribution in [0.1, 0.15) is 12.0 Å². The van der Waals surface area contributed by atoms with E-state index in [2.05, 4.69) is 42.2 Å². The van der Waals surface area contributed by atoms with E-state index in [1.807, 2.05) is 12.1 Å². The predicted molar refractivity (Wildman–Crippen MR) is 77.0 cm³/mol. The smallest absolute Gasteiger partial charge is 0.123 e. The maximum absolute atomic E-state index is 5.45. The molecule has 0 bridgehead atoms. The van der Waals surface area contributed by atoms with Crippen molar-refractivity contribution in [3.63, 3.8) is 0 Å². The normalized spacial score (nSPS) is 10.5. The maximum atomic E-state index is 5.45. The molecule has 0 amide bonds. The summed E-state index contributed by atoms with van der Waals surface area (Å²) in [7, 11) is 1.72. The molecule has 0 heterocycles. The summed E-state index contributed by atoms with van der Waals surface area (Å²) in [5.41, 5.74) is 1.22. The van der Waals surface area contributed by atoms with Gasteiger partial charge in [-0.1, -0.05) is 36.4 Å². The Morgan fingerprint density at radius 2 is 2.06 bits per heavy atom. The topological polar surface area (TPSA) is 21.3 Å². The van der Waals surface area contributed by atoms with Crippen molar-refractivity contribution in [1.82, 2.24) is 5.32 Å². The molecule has 2 nitrogen and oxygen atoms in total. The van der Waals surface area contributed by atoms with E-state index in [1.54, 1.807) is 7.11 Å². The van der Waals surface area contributed by atoms with Crippen molar-refractivity contribution in [3.05, 3.63) is 54.6 Å². The quantitative estimate of drug-likeness (QED) is 0.617. The van der Waals surface area contributed by atoms with Gasteiger partial charge in [-0.3, -0.25) is 0 Å². The van der Waals surface area contributed by atoms with E-state index in [1.165, 1.54) is 16.3 Å². The van der Waals surface area contributed by atoms with Crippen LogP contribution in [0.4, 0.5) is 0 Å². The van der Waals surface area contributed by atoms with E-state index in [0.29, 0.717) is 0 Å². The molecule has 0 aliphatic carbocycles.